The minimum absolute atomic E-state index is 0.000180. The molecule has 10 nitrogen and oxygen atoms in total. The van der Waals surface area contributed by atoms with Crippen LogP contribution in [0.3, 0.4) is 0 Å². The predicted octanol–water partition coefficient (Wildman–Crippen LogP) is -2.03. The highest BCUT2D eigenvalue weighted by Gasteiger charge is 2.37. The van der Waals surface area contributed by atoms with Crippen LogP contribution >= 0.6 is 0 Å². The first-order valence-corrected chi connectivity index (χ1v) is 7.43. The summed E-state index contributed by atoms with van der Waals surface area (Å²) in [5.74, 6) is -0.540. The number of nitrogens with two attached hydrogens (primary N) is 1. The molecule has 0 aromatic carbocycles. The number of aromatic nitrogens is 3. The van der Waals surface area contributed by atoms with Gasteiger partial charge in [-0.25, -0.2) is 9.48 Å². The second-order valence-corrected chi connectivity index (χ2v) is 5.81. The molecule has 2 aliphatic rings. The molecule has 3 rings (SSSR count). The van der Waals surface area contributed by atoms with Crippen LogP contribution in [0, 0.1) is 0 Å². The summed E-state index contributed by atoms with van der Waals surface area (Å²) in [6.07, 6.45) is 4.30. The average Bonchev–Trinajstić information content (AvgIpc) is 3.07. The van der Waals surface area contributed by atoms with Crippen molar-refractivity contribution in [2.75, 3.05) is 26.7 Å². The zero-order valence-electron chi connectivity index (χ0n) is 13.2. The van der Waals surface area contributed by atoms with Crippen molar-refractivity contribution in [3.8, 4) is 0 Å². The van der Waals surface area contributed by atoms with Crippen molar-refractivity contribution in [3.05, 3.63) is 18.0 Å². The third kappa shape index (κ3) is 3.16. The molecule has 0 spiro atoms. The third-order valence-corrected chi connectivity index (χ3v) is 4.05. The summed E-state index contributed by atoms with van der Waals surface area (Å²) in [6, 6.07) is 0.0310. The first-order valence-electron chi connectivity index (χ1n) is 7.43. The lowest BCUT2D eigenvalue weighted by molar-refractivity contribution is -0.118. The molecular formula is C13H17BN7O3. The summed E-state index contributed by atoms with van der Waals surface area (Å²) in [7, 11) is 3.01. The van der Waals surface area contributed by atoms with Gasteiger partial charge >= 0.3 is 6.03 Å². The van der Waals surface area contributed by atoms with E-state index in [9.17, 15) is 14.4 Å². The maximum absolute atomic E-state index is 12.0. The van der Waals surface area contributed by atoms with E-state index < -0.39 is 5.91 Å². The molecule has 2 bridgehead atoms. The van der Waals surface area contributed by atoms with E-state index in [1.165, 1.54) is 12.2 Å². The average molecular weight is 330 g/mol. The van der Waals surface area contributed by atoms with Crippen molar-refractivity contribution in [2.24, 2.45) is 5.73 Å². The smallest absolute Gasteiger partial charge is 0.320 e. The lowest BCUT2D eigenvalue weighted by Crippen LogP contribution is -2.36. The molecular weight excluding hydrogens is 313 g/mol. The minimum atomic E-state index is -0.540. The monoisotopic (exact) mass is 330 g/mol. The fraction of sp³-hybridized carbons (Fsp3) is 0.462. The Balaban J connectivity index is 1.72. The number of nitrogens with zero attached hydrogens (tertiary/aromatic N) is 6. The van der Waals surface area contributed by atoms with Crippen LogP contribution in [0.4, 0.5) is 4.79 Å². The van der Waals surface area contributed by atoms with E-state index in [0.29, 0.717) is 25.0 Å². The van der Waals surface area contributed by atoms with E-state index in [4.69, 9.17) is 5.73 Å². The van der Waals surface area contributed by atoms with Crippen LogP contribution in [0.5, 0.6) is 0 Å². The van der Waals surface area contributed by atoms with Crippen LogP contribution in [0.2, 0.25) is 0 Å². The quantitative estimate of drug-likeness (QED) is 0.455. The Hall–Kier alpha value is -2.69. The van der Waals surface area contributed by atoms with E-state index in [1.54, 1.807) is 27.7 Å². The summed E-state index contributed by atoms with van der Waals surface area (Å²) in [5, 5.41) is 8.13. The fourth-order valence-corrected chi connectivity index (χ4v) is 2.87. The highest BCUT2D eigenvalue weighted by molar-refractivity contribution is 6.64. The van der Waals surface area contributed by atoms with E-state index in [2.05, 4.69) is 10.3 Å². The number of primary amides is 1. The van der Waals surface area contributed by atoms with E-state index in [1.807, 2.05) is 6.08 Å². The summed E-state index contributed by atoms with van der Waals surface area (Å²) < 4.78 is 1.62. The predicted molar refractivity (Wildman–Crippen MR) is 84.9 cm³/mol. The van der Waals surface area contributed by atoms with Crippen molar-refractivity contribution in [1.29, 1.82) is 0 Å². The third-order valence-electron chi connectivity index (χ3n) is 4.05. The van der Waals surface area contributed by atoms with Gasteiger partial charge in [-0.15, -0.1) is 5.10 Å². The number of amides is 3. The summed E-state index contributed by atoms with van der Waals surface area (Å²) in [6.45, 7) is 1.30. The molecule has 24 heavy (non-hydrogen) atoms. The Kier molecular flexibility index (Phi) is 4.34. The Labute approximate surface area is 139 Å². The van der Waals surface area contributed by atoms with Crippen molar-refractivity contribution in [1.82, 2.24) is 29.6 Å². The molecule has 1 aromatic rings. The van der Waals surface area contributed by atoms with Crippen molar-refractivity contribution in [3.63, 3.8) is 0 Å². The van der Waals surface area contributed by atoms with Gasteiger partial charge in [0.25, 0.3) is 7.41 Å². The van der Waals surface area contributed by atoms with Crippen LogP contribution < -0.4 is 5.73 Å². The molecule has 0 saturated carbocycles. The number of likely N-dealkylation sites (N-methyl/N-ethyl adjacent to an activating group) is 1. The zero-order chi connectivity index (χ0) is 17.3. The van der Waals surface area contributed by atoms with E-state index >= 15 is 0 Å². The Morgan fingerprint density at radius 1 is 1.58 bits per heavy atom. The summed E-state index contributed by atoms with van der Waals surface area (Å²) >= 11 is 0. The number of hydrogen-bond donors (Lipinski definition) is 1. The molecule has 1 saturated heterocycles. The maximum atomic E-state index is 12.0. The molecule has 125 valence electrons. The lowest BCUT2D eigenvalue weighted by atomic mass is 9.94. The van der Waals surface area contributed by atoms with Gasteiger partial charge in [0.2, 0.25) is 5.91 Å². The molecule has 1 unspecified atom stereocenters. The molecule has 3 heterocycles. The van der Waals surface area contributed by atoms with Gasteiger partial charge < -0.3 is 25.1 Å². The topological polar surface area (TPSA) is 118 Å². The van der Waals surface area contributed by atoms with Gasteiger partial charge in [0.15, 0.2) is 0 Å². The SMILES string of the molecule is CN1C(=O)N2CC(n3cc(CN([B]C=O)CC(N)=O)nn3)=CC1C2. The molecule has 1 atom stereocenters. The number of carbonyl (C=O) groups excluding carboxylic acids is 3. The number of rotatable bonds is 7. The van der Waals surface area contributed by atoms with Crippen LogP contribution in [0.25, 0.3) is 5.70 Å². The van der Waals surface area contributed by atoms with Crippen LogP contribution in [-0.4, -0.2) is 87.9 Å². The first kappa shape index (κ1) is 16.2. The lowest BCUT2D eigenvalue weighted by Gasteiger charge is -2.20. The summed E-state index contributed by atoms with van der Waals surface area (Å²) in [5.41, 5.74) is 6.60. The number of urea groups is 1. The van der Waals surface area contributed by atoms with Crippen molar-refractivity contribution >= 4 is 31.2 Å². The van der Waals surface area contributed by atoms with Gasteiger partial charge in [-0.05, 0) is 6.08 Å². The first-order chi connectivity index (χ1) is 11.5. The highest BCUT2D eigenvalue weighted by Crippen LogP contribution is 2.24. The Morgan fingerprint density at radius 3 is 3.04 bits per heavy atom. The molecule has 3 amide bonds. The molecule has 0 aliphatic carbocycles. The second kappa shape index (κ2) is 6.44. The Bertz CT molecular complexity index is 703. The maximum Gasteiger partial charge on any atom is 0.320 e. The number of hydrogen-bond acceptors (Lipinski definition) is 6. The molecule has 2 aliphatic heterocycles. The Morgan fingerprint density at radius 2 is 2.38 bits per heavy atom. The van der Waals surface area contributed by atoms with Crippen LogP contribution in [0.15, 0.2) is 12.3 Å². The molecule has 1 radical (unpaired) electrons. The van der Waals surface area contributed by atoms with Gasteiger partial charge in [0, 0.05) is 20.1 Å². The molecule has 1 aromatic heterocycles. The standard InChI is InChI=1S/C13H17BN7O3/c1-18-10-2-11(6-19(5-10)13(18)24)21-4-9(16-17-21)3-20(14-8-22)7-12(15)23/h2,4,8,10H,3,5-7H2,1H3,(H2,15,23). The molecule has 11 heteroatoms. The molecule has 1 fully saturated rings. The van der Waals surface area contributed by atoms with Crippen LogP contribution in [-0.2, 0) is 16.1 Å². The van der Waals surface area contributed by atoms with E-state index in [-0.39, 0.29) is 25.2 Å². The second-order valence-electron chi connectivity index (χ2n) is 5.81. The molecule has 2 N–H and O–H groups in total. The normalized spacial score (nSPS) is 19.7. The van der Waals surface area contributed by atoms with Gasteiger partial charge in [-0.1, -0.05) is 5.21 Å². The number of carbonyl (C=O) groups is 3. The van der Waals surface area contributed by atoms with Gasteiger partial charge in [0.05, 0.1) is 42.9 Å². The largest absolute Gasteiger partial charge is 0.369 e. The number of fused-ring (bicyclic) bond motifs is 2. The van der Waals surface area contributed by atoms with Crippen molar-refractivity contribution < 1.29 is 14.4 Å². The fourth-order valence-electron chi connectivity index (χ4n) is 2.87. The van der Waals surface area contributed by atoms with E-state index in [0.717, 1.165) is 5.70 Å². The van der Waals surface area contributed by atoms with Gasteiger partial charge in [-0.2, -0.15) is 0 Å². The van der Waals surface area contributed by atoms with Crippen LogP contribution in [0.1, 0.15) is 5.69 Å². The highest BCUT2D eigenvalue weighted by atomic mass is 16.2. The van der Waals surface area contributed by atoms with Crippen molar-refractivity contribution in [2.45, 2.75) is 12.6 Å². The van der Waals surface area contributed by atoms with Gasteiger partial charge in [0.1, 0.15) is 0 Å². The summed E-state index contributed by atoms with van der Waals surface area (Å²) in [4.78, 5) is 38.5. The van der Waals surface area contributed by atoms with Gasteiger partial charge in [-0.3, -0.25) is 4.79 Å². The zero-order valence-corrected chi connectivity index (χ0v) is 13.2. The minimum Gasteiger partial charge on any atom is -0.369 e.